The van der Waals surface area contributed by atoms with E-state index in [0.717, 1.165) is 0 Å². The topological polar surface area (TPSA) is 112 Å². The first kappa shape index (κ1) is 13.4. The zero-order chi connectivity index (χ0) is 14.9. The Balaban J connectivity index is 1.81. The summed E-state index contributed by atoms with van der Waals surface area (Å²) < 4.78 is 36.1. The molecule has 0 fully saturated rings. The van der Waals surface area contributed by atoms with E-state index in [1.54, 1.807) is 29.1 Å². The van der Waals surface area contributed by atoms with Gasteiger partial charge in [-0.15, -0.1) is 4.40 Å². The standard InChI is InChI=1S/C12H13N5O3S/c13-12-11-9(15-21(18,19)16-12)3-1-4-10(11)20-8-7-17-6-2-5-14-17/h1-6,15H,7-8H2,(H2,13,16). The SMILES string of the molecule is NC1=NS(=O)(=O)Nc2cccc(OCCn3cccn3)c21. The number of ether oxygens (including phenoxy) is 1. The normalized spacial score (nSPS) is 15.7. The number of anilines is 1. The van der Waals surface area contributed by atoms with Crippen molar-refractivity contribution in [2.75, 3.05) is 11.3 Å². The quantitative estimate of drug-likeness (QED) is 0.846. The lowest BCUT2D eigenvalue weighted by Gasteiger charge is -2.19. The lowest BCUT2D eigenvalue weighted by atomic mass is 10.1. The zero-order valence-electron chi connectivity index (χ0n) is 10.9. The summed E-state index contributed by atoms with van der Waals surface area (Å²) in [5.41, 5.74) is 6.53. The highest BCUT2D eigenvalue weighted by atomic mass is 32.2. The van der Waals surface area contributed by atoms with Crippen LogP contribution in [-0.2, 0) is 16.8 Å². The lowest BCUT2D eigenvalue weighted by molar-refractivity contribution is 0.291. The molecule has 3 N–H and O–H groups in total. The molecule has 0 saturated carbocycles. The average Bonchev–Trinajstić information content (AvgIpc) is 2.90. The van der Waals surface area contributed by atoms with Gasteiger partial charge in [-0.1, -0.05) is 6.07 Å². The largest absolute Gasteiger partial charge is 0.491 e. The Morgan fingerprint density at radius 2 is 2.19 bits per heavy atom. The number of hydrogen-bond acceptors (Lipinski definition) is 5. The Morgan fingerprint density at radius 3 is 2.95 bits per heavy atom. The summed E-state index contributed by atoms with van der Waals surface area (Å²) in [7, 11) is -3.77. The van der Waals surface area contributed by atoms with Gasteiger partial charge in [0.25, 0.3) is 0 Å². The predicted molar refractivity (Wildman–Crippen MR) is 77.4 cm³/mol. The molecule has 3 rings (SSSR count). The molecule has 2 aromatic rings. The molecule has 0 radical (unpaired) electrons. The van der Waals surface area contributed by atoms with E-state index in [2.05, 4.69) is 14.2 Å². The second-order valence-electron chi connectivity index (χ2n) is 4.35. The molecule has 8 nitrogen and oxygen atoms in total. The fourth-order valence-electron chi connectivity index (χ4n) is 2.02. The third-order valence-corrected chi connectivity index (χ3v) is 3.79. The molecule has 0 amide bonds. The van der Waals surface area contributed by atoms with Gasteiger partial charge in [-0.25, -0.2) is 0 Å². The second-order valence-corrected chi connectivity index (χ2v) is 5.69. The maximum atomic E-state index is 11.5. The van der Waals surface area contributed by atoms with Crippen LogP contribution in [-0.4, -0.2) is 30.6 Å². The first-order chi connectivity index (χ1) is 10.1. The summed E-state index contributed by atoms with van der Waals surface area (Å²) >= 11 is 0. The summed E-state index contributed by atoms with van der Waals surface area (Å²) in [4.78, 5) is 0. The molecule has 0 saturated heterocycles. The molecule has 0 spiro atoms. The van der Waals surface area contributed by atoms with E-state index in [1.165, 1.54) is 0 Å². The maximum Gasteiger partial charge on any atom is 0.344 e. The van der Waals surface area contributed by atoms with Gasteiger partial charge in [-0.05, 0) is 18.2 Å². The van der Waals surface area contributed by atoms with Crippen LogP contribution in [0, 0.1) is 0 Å². The fraction of sp³-hybridized carbons (Fsp3) is 0.167. The van der Waals surface area contributed by atoms with E-state index in [4.69, 9.17) is 10.5 Å². The van der Waals surface area contributed by atoms with Crippen molar-refractivity contribution < 1.29 is 13.2 Å². The number of nitrogens with zero attached hydrogens (tertiary/aromatic N) is 3. The molecule has 1 aliphatic rings. The molecule has 21 heavy (non-hydrogen) atoms. The van der Waals surface area contributed by atoms with Gasteiger partial charge in [-0.2, -0.15) is 13.5 Å². The van der Waals surface area contributed by atoms with Gasteiger partial charge in [-0.3, -0.25) is 9.40 Å². The second kappa shape index (κ2) is 5.09. The lowest BCUT2D eigenvalue weighted by Crippen LogP contribution is -2.27. The van der Waals surface area contributed by atoms with Crippen molar-refractivity contribution in [3.8, 4) is 5.75 Å². The van der Waals surface area contributed by atoms with Gasteiger partial charge in [0, 0.05) is 12.4 Å². The van der Waals surface area contributed by atoms with Gasteiger partial charge >= 0.3 is 10.2 Å². The number of rotatable bonds is 4. The highest BCUT2D eigenvalue weighted by Gasteiger charge is 2.24. The minimum absolute atomic E-state index is 0.0848. The third kappa shape index (κ3) is 2.82. The number of hydrogen-bond donors (Lipinski definition) is 2. The summed E-state index contributed by atoms with van der Waals surface area (Å²) in [6.45, 7) is 0.942. The fourth-order valence-corrected chi connectivity index (χ4v) is 2.86. The highest BCUT2D eigenvalue weighted by molar-refractivity contribution is 7.91. The predicted octanol–water partition coefficient (Wildman–Crippen LogP) is 0.338. The minimum atomic E-state index is -3.77. The van der Waals surface area contributed by atoms with E-state index in [1.807, 2.05) is 12.3 Å². The van der Waals surface area contributed by atoms with Crippen molar-refractivity contribution in [1.29, 1.82) is 0 Å². The van der Waals surface area contributed by atoms with Crippen LogP contribution in [0.3, 0.4) is 0 Å². The molecule has 1 aliphatic heterocycles. The molecule has 9 heteroatoms. The Morgan fingerprint density at radius 1 is 1.33 bits per heavy atom. The van der Waals surface area contributed by atoms with E-state index >= 15 is 0 Å². The van der Waals surface area contributed by atoms with Gasteiger partial charge in [0.15, 0.2) is 5.84 Å². The van der Waals surface area contributed by atoms with Gasteiger partial charge < -0.3 is 10.5 Å². The molecule has 110 valence electrons. The highest BCUT2D eigenvalue weighted by Crippen LogP contribution is 2.30. The zero-order valence-corrected chi connectivity index (χ0v) is 11.7. The Bertz CT molecular complexity index is 783. The monoisotopic (exact) mass is 307 g/mol. The van der Waals surface area contributed by atoms with Crippen LogP contribution in [0.4, 0.5) is 5.69 Å². The van der Waals surface area contributed by atoms with E-state index in [0.29, 0.717) is 30.2 Å². The Labute approximate surface area is 121 Å². The summed E-state index contributed by atoms with van der Waals surface area (Å²) in [6, 6.07) is 6.83. The van der Waals surface area contributed by atoms with E-state index in [-0.39, 0.29) is 5.84 Å². The summed E-state index contributed by atoms with van der Waals surface area (Å²) in [5, 5.41) is 4.07. The van der Waals surface area contributed by atoms with Crippen LogP contribution in [0.15, 0.2) is 41.1 Å². The molecule has 0 aliphatic carbocycles. The molecule has 0 bridgehead atoms. The van der Waals surface area contributed by atoms with Gasteiger partial charge in [0.05, 0.1) is 17.8 Å². The van der Waals surface area contributed by atoms with Crippen molar-refractivity contribution >= 4 is 21.7 Å². The Hall–Kier alpha value is -2.55. The number of amidine groups is 1. The van der Waals surface area contributed by atoms with Crippen molar-refractivity contribution in [3.63, 3.8) is 0 Å². The van der Waals surface area contributed by atoms with Crippen LogP contribution in [0.1, 0.15) is 5.56 Å². The Kier molecular flexibility index (Phi) is 3.26. The number of fused-ring (bicyclic) bond motifs is 1. The number of benzene rings is 1. The molecular formula is C12H13N5O3S. The number of nitrogens with two attached hydrogens (primary N) is 1. The van der Waals surface area contributed by atoms with Crippen LogP contribution in [0.2, 0.25) is 0 Å². The van der Waals surface area contributed by atoms with E-state index in [9.17, 15) is 8.42 Å². The van der Waals surface area contributed by atoms with Crippen molar-refractivity contribution in [2.24, 2.45) is 10.1 Å². The van der Waals surface area contributed by atoms with Crippen molar-refractivity contribution in [2.45, 2.75) is 6.54 Å². The maximum absolute atomic E-state index is 11.5. The molecule has 0 unspecified atom stereocenters. The summed E-state index contributed by atoms with van der Waals surface area (Å²) in [6.07, 6.45) is 3.51. The van der Waals surface area contributed by atoms with Crippen molar-refractivity contribution in [1.82, 2.24) is 9.78 Å². The van der Waals surface area contributed by atoms with Crippen LogP contribution in [0.25, 0.3) is 0 Å². The first-order valence-corrected chi connectivity index (χ1v) is 7.61. The van der Waals surface area contributed by atoms with Crippen LogP contribution in [0.5, 0.6) is 5.75 Å². The van der Waals surface area contributed by atoms with Crippen LogP contribution < -0.4 is 15.2 Å². The van der Waals surface area contributed by atoms with Gasteiger partial charge in [0.2, 0.25) is 0 Å². The van der Waals surface area contributed by atoms with Gasteiger partial charge in [0.1, 0.15) is 12.4 Å². The summed E-state index contributed by atoms with van der Waals surface area (Å²) in [5.74, 6) is 0.391. The number of aromatic nitrogens is 2. The minimum Gasteiger partial charge on any atom is -0.491 e. The van der Waals surface area contributed by atoms with Crippen LogP contribution >= 0.6 is 0 Å². The molecule has 2 heterocycles. The first-order valence-electron chi connectivity index (χ1n) is 6.17. The molecule has 1 aromatic carbocycles. The molecule has 1 aromatic heterocycles. The molecular weight excluding hydrogens is 294 g/mol. The van der Waals surface area contributed by atoms with Crippen molar-refractivity contribution in [3.05, 3.63) is 42.2 Å². The third-order valence-electron chi connectivity index (χ3n) is 2.88. The average molecular weight is 307 g/mol. The smallest absolute Gasteiger partial charge is 0.344 e. The number of nitrogens with one attached hydrogen (secondary N) is 1. The molecule has 0 atom stereocenters. The van der Waals surface area contributed by atoms with E-state index < -0.39 is 10.2 Å².